The van der Waals surface area contributed by atoms with Gasteiger partial charge in [0, 0.05) is 0 Å². The molecule has 0 bridgehead atoms. The van der Waals surface area contributed by atoms with Crippen molar-refractivity contribution in [1.29, 1.82) is 0 Å². The standard InChI is InChI=1S/C12H17NO4S/c1-8(2)11(12(14)15)13-18(16,17)10-7-5-4-6-9(10)3/h4-8,11,13H,1-3H3,(H,14,15)/t11-/m0/s1. The molecule has 5 nitrogen and oxygen atoms in total. The molecule has 0 aliphatic heterocycles. The molecule has 0 aliphatic carbocycles. The van der Waals surface area contributed by atoms with Crippen molar-refractivity contribution >= 4 is 16.0 Å². The van der Waals surface area contributed by atoms with E-state index in [-0.39, 0.29) is 10.8 Å². The summed E-state index contributed by atoms with van der Waals surface area (Å²) < 4.78 is 26.4. The number of nitrogens with one attached hydrogen (secondary N) is 1. The highest BCUT2D eigenvalue weighted by Crippen LogP contribution is 2.15. The van der Waals surface area contributed by atoms with Crippen molar-refractivity contribution in [2.75, 3.05) is 0 Å². The van der Waals surface area contributed by atoms with E-state index in [1.54, 1.807) is 39.0 Å². The highest BCUT2D eigenvalue weighted by Gasteiger charge is 2.28. The maximum atomic E-state index is 12.1. The van der Waals surface area contributed by atoms with Crippen LogP contribution in [-0.2, 0) is 14.8 Å². The number of aliphatic carboxylic acids is 1. The van der Waals surface area contributed by atoms with Crippen LogP contribution < -0.4 is 4.72 Å². The van der Waals surface area contributed by atoms with E-state index in [1.165, 1.54) is 6.07 Å². The third-order valence-corrected chi connectivity index (χ3v) is 4.20. The van der Waals surface area contributed by atoms with E-state index in [1.807, 2.05) is 0 Å². The molecule has 0 aliphatic rings. The van der Waals surface area contributed by atoms with Gasteiger partial charge < -0.3 is 5.11 Å². The van der Waals surface area contributed by atoms with Gasteiger partial charge in [-0.2, -0.15) is 4.72 Å². The zero-order valence-electron chi connectivity index (χ0n) is 10.5. The lowest BCUT2D eigenvalue weighted by atomic mass is 10.1. The van der Waals surface area contributed by atoms with Crippen molar-refractivity contribution in [3.8, 4) is 0 Å². The number of hydrogen-bond donors (Lipinski definition) is 2. The van der Waals surface area contributed by atoms with Crippen molar-refractivity contribution in [3.05, 3.63) is 29.8 Å². The lowest BCUT2D eigenvalue weighted by Crippen LogP contribution is -2.44. The zero-order valence-corrected chi connectivity index (χ0v) is 11.4. The summed E-state index contributed by atoms with van der Waals surface area (Å²) in [6.45, 7) is 4.97. The Bertz CT molecular complexity index is 537. The quantitative estimate of drug-likeness (QED) is 0.847. The SMILES string of the molecule is Cc1ccccc1S(=O)(=O)N[C@H](C(=O)O)C(C)C. The lowest BCUT2D eigenvalue weighted by molar-refractivity contribution is -0.140. The van der Waals surface area contributed by atoms with Crippen LogP contribution in [-0.4, -0.2) is 25.5 Å². The van der Waals surface area contributed by atoms with Crippen molar-refractivity contribution < 1.29 is 18.3 Å². The van der Waals surface area contributed by atoms with Crippen LogP contribution in [0.2, 0.25) is 0 Å². The van der Waals surface area contributed by atoms with Gasteiger partial charge in [0.15, 0.2) is 0 Å². The molecule has 0 amide bonds. The molecule has 1 aromatic carbocycles. The fraction of sp³-hybridized carbons (Fsp3) is 0.417. The molecule has 0 heterocycles. The third kappa shape index (κ3) is 3.30. The number of rotatable bonds is 5. The minimum absolute atomic E-state index is 0.108. The van der Waals surface area contributed by atoms with Crippen molar-refractivity contribution in [2.45, 2.75) is 31.7 Å². The summed E-state index contributed by atoms with van der Waals surface area (Å²) in [6, 6.07) is 5.32. The Hall–Kier alpha value is -1.40. The average Bonchev–Trinajstić information content (AvgIpc) is 2.25. The topological polar surface area (TPSA) is 83.5 Å². The number of carboxylic acids is 1. The Morgan fingerprint density at radius 2 is 1.83 bits per heavy atom. The summed E-state index contributed by atoms with van der Waals surface area (Å²) in [5.74, 6) is -1.51. The second-order valence-corrected chi connectivity index (χ2v) is 6.13. The molecule has 0 unspecified atom stereocenters. The van der Waals surface area contributed by atoms with Gasteiger partial charge in [-0.15, -0.1) is 0 Å². The van der Waals surface area contributed by atoms with Gasteiger partial charge >= 0.3 is 5.97 Å². The molecule has 0 aromatic heterocycles. The van der Waals surface area contributed by atoms with Crippen LogP contribution in [0.5, 0.6) is 0 Å². The van der Waals surface area contributed by atoms with Crippen LogP contribution >= 0.6 is 0 Å². The summed E-state index contributed by atoms with van der Waals surface area (Å²) in [5.41, 5.74) is 0.581. The fourth-order valence-electron chi connectivity index (χ4n) is 1.56. The molecule has 0 spiro atoms. The van der Waals surface area contributed by atoms with Gasteiger partial charge in [0.2, 0.25) is 10.0 Å². The predicted molar refractivity (Wildman–Crippen MR) is 67.8 cm³/mol. The third-order valence-electron chi connectivity index (χ3n) is 2.60. The molecular formula is C12H17NO4S. The smallest absolute Gasteiger partial charge is 0.322 e. The number of hydrogen-bond acceptors (Lipinski definition) is 3. The Morgan fingerprint density at radius 1 is 1.28 bits per heavy atom. The number of benzene rings is 1. The number of aryl methyl sites for hydroxylation is 1. The highest BCUT2D eigenvalue weighted by molar-refractivity contribution is 7.89. The highest BCUT2D eigenvalue weighted by atomic mass is 32.2. The van der Waals surface area contributed by atoms with Crippen molar-refractivity contribution in [3.63, 3.8) is 0 Å². The monoisotopic (exact) mass is 271 g/mol. The largest absolute Gasteiger partial charge is 0.480 e. The molecule has 1 atom stereocenters. The van der Waals surface area contributed by atoms with Crippen LogP contribution in [0.3, 0.4) is 0 Å². The normalized spacial score (nSPS) is 13.6. The molecule has 0 saturated carbocycles. The van der Waals surface area contributed by atoms with Crippen LogP contribution in [0.1, 0.15) is 19.4 Å². The number of carboxylic acid groups (broad SMARTS) is 1. The van der Waals surface area contributed by atoms with Gasteiger partial charge in [-0.3, -0.25) is 4.79 Å². The average molecular weight is 271 g/mol. The molecule has 100 valence electrons. The second-order valence-electron chi connectivity index (χ2n) is 4.45. The Labute approximate surface area is 107 Å². The van der Waals surface area contributed by atoms with Crippen LogP contribution in [0.25, 0.3) is 0 Å². The summed E-state index contributed by atoms with van der Waals surface area (Å²) in [4.78, 5) is 11.1. The molecule has 1 rings (SSSR count). The first-order valence-corrected chi connectivity index (χ1v) is 7.05. The zero-order chi connectivity index (χ0) is 13.9. The molecule has 6 heteroatoms. The summed E-state index contributed by atoms with van der Waals surface area (Å²) >= 11 is 0. The molecule has 18 heavy (non-hydrogen) atoms. The summed E-state index contributed by atoms with van der Waals surface area (Å²) in [7, 11) is -3.81. The van der Waals surface area contributed by atoms with E-state index in [4.69, 9.17) is 5.11 Å². The maximum Gasteiger partial charge on any atom is 0.322 e. The van der Waals surface area contributed by atoms with Crippen LogP contribution in [0, 0.1) is 12.8 Å². The summed E-state index contributed by atoms with van der Waals surface area (Å²) in [6.07, 6.45) is 0. The molecule has 0 saturated heterocycles. The van der Waals surface area contributed by atoms with Gasteiger partial charge in [0.1, 0.15) is 6.04 Å². The van der Waals surface area contributed by atoms with Crippen LogP contribution in [0.15, 0.2) is 29.2 Å². The number of carbonyl (C=O) groups is 1. The van der Waals surface area contributed by atoms with E-state index in [0.717, 1.165) is 0 Å². The van der Waals surface area contributed by atoms with Gasteiger partial charge in [-0.05, 0) is 24.5 Å². The van der Waals surface area contributed by atoms with Gasteiger partial charge in [0.25, 0.3) is 0 Å². The maximum absolute atomic E-state index is 12.1. The van der Waals surface area contributed by atoms with Crippen molar-refractivity contribution in [1.82, 2.24) is 4.72 Å². The van der Waals surface area contributed by atoms with E-state index in [9.17, 15) is 13.2 Å². The Morgan fingerprint density at radius 3 is 2.28 bits per heavy atom. The minimum atomic E-state index is -3.81. The van der Waals surface area contributed by atoms with E-state index >= 15 is 0 Å². The van der Waals surface area contributed by atoms with Gasteiger partial charge in [-0.1, -0.05) is 32.0 Å². The lowest BCUT2D eigenvalue weighted by Gasteiger charge is -2.18. The predicted octanol–water partition coefficient (Wildman–Crippen LogP) is 1.38. The van der Waals surface area contributed by atoms with E-state index in [0.29, 0.717) is 5.56 Å². The minimum Gasteiger partial charge on any atom is -0.480 e. The molecular weight excluding hydrogens is 254 g/mol. The molecule has 0 radical (unpaired) electrons. The molecule has 0 fully saturated rings. The first kappa shape index (κ1) is 14.7. The van der Waals surface area contributed by atoms with E-state index in [2.05, 4.69) is 4.72 Å². The van der Waals surface area contributed by atoms with E-state index < -0.39 is 22.0 Å². The van der Waals surface area contributed by atoms with Gasteiger partial charge in [0.05, 0.1) is 4.90 Å². The Kier molecular flexibility index (Phi) is 4.48. The first-order valence-electron chi connectivity index (χ1n) is 5.56. The number of sulfonamides is 1. The molecule has 1 aromatic rings. The molecule has 2 N–H and O–H groups in total. The fourth-order valence-corrected chi connectivity index (χ4v) is 3.14. The summed E-state index contributed by atoms with van der Waals surface area (Å²) in [5, 5.41) is 9.00. The Balaban J connectivity index is 3.09. The van der Waals surface area contributed by atoms with Crippen LogP contribution in [0.4, 0.5) is 0 Å². The van der Waals surface area contributed by atoms with Gasteiger partial charge in [-0.25, -0.2) is 8.42 Å². The second kappa shape index (κ2) is 5.49. The van der Waals surface area contributed by atoms with Crippen molar-refractivity contribution in [2.24, 2.45) is 5.92 Å². The first-order chi connectivity index (χ1) is 8.25.